The van der Waals surface area contributed by atoms with Gasteiger partial charge in [0.2, 0.25) is 0 Å². The molecule has 2 heterocycles. The van der Waals surface area contributed by atoms with E-state index in [-0.39, 0.29) is 11.9 Å². The number of hydrogen-bond acceptors (Lipinski definition) is 3. The summed E-state index contributed by atoms with van der Waals surface area (Å²) in [7, 11) is 0. The van der Waals surface area contributed by atoms with Crippen LogP contribution in [0.5, 0.6) is 0 Å². The third-order valence-electron chi connectivity index (χ3n) is 5.53. The number of nitrogens with zero attached hydrogens (tertiary/aromatic N) is 1. The van der Waals surface area contributed by atoms with E-state index < -0.39 is 0 Å². The maximum atomic E-state index is 12.2. The van der Waals surface area contributed by atoms with Gasteiger partial charge < -0.3 is 4.74 Å². The van der Waals surface area contributed by atoms with Crippen molar-refractivity contribution in [2.75, 3.05) is 19.7 Å². The maximum absolute atomic E-state index is 12.2. The first-order chi connectivity index (χ1) is 11.2. The zero-order valence-electron chi connectivity index (χ0n) is 14.2. The third kappa shape index (κ3) is 4.35. The molecular formula is C20H29NO2. The number of carbonyl (C=O) groups excluding carboxylic acids is 1. The van der Waals surface area contributed by atoms with Crippen molar-refractivity contribution in [1.29, 1.82) is 0 Å². The minimum absolute atomic E-state index is 0.0470. The molecule has 3 nitrogen and oxygen atoms in total. The van der Waals surface area contributed by atoms with Gasteiger partial charge in [-0.25, -0.2) is 0 Å². The van der Waals surface area contributed by atoms with Gasteiger partial charge in [-0.1, -0.05) is 43.7 Å². The van der Waals surface area contributed by atoms with Crippen LogP contribution >= 0.6 is 0 Å². The van der Waals surface area contributed by atoms with Crippen molar-refractivity contribution in [2.45, 2.75) is 57.4 Å². The summed E-state index contributed by atoms with van der Waals surface area (Å²) in [5.41, 5.74) is 1.21. The van der Waals surface area contributed by atoms with Gasteiger partial charge in [-0.2, -0.15) is 0 Å². The van der Waals surface area contributed by atoms with E-state index in [4.69, 9.17) is 4.74 Å². The highest BCUT2D eigenvalue weighted by Gasteiger charge is 2.33. The average Bonchev–Trinajstić information content (AvgIpc) is 2.60. The average molecular weight is 315 g/mol. The summed E-state index contributed by atoms with van der Waals surface area (Å²) in [5, 5.41) is 0. The zero-order chi connectivity index (χ0) is 16.1. The van der Waals surface area contributed by atoms with Crippen LogP contribution in [0.4, 0.5) is 0 Å². The Bertz CT molecular complexity index is 500. The predicted molar refractivity (Wildman–Crippen MR) is 92.4 cm³/mol. The van der Waals surface area contributed by atoms with E-state index in [0.29, 0.717) is 25.0 Å². The van der Waals surface area contributed by atoms with Gasteiger partial charge in [-0.3, -0.25) is 9.69 Å². The van der Waals surface area contributed by atoms with E-state index in [1.807, 2.05) is 18.2 Å². The quantitative estimate of drug-likeness (QED) is 0.770. The van der Waals surface area contributed by atoms with Crippen molar-refractivity contribution in [2.24, 2.45) is 5.92 Å². The number of carbonyl (C=O) groups is 1. The highest BCUT2D eigenvalue weighted by Crippen LogP contribution is 2.31. The summed E-state index contributed by atoms with van der Waals surface area (Å²) >= 11 is 0. The Morgan fingerprint density at radius 3 is 2.78 bits per heavy atom. The van der Waals surface area contributed by atoms with Crippen LogP contribution in [0.2, 0.25) is 0 Å². The molecule has 0 aliphatic carbocycles. The van der Waals surface area contributed by atoms with Crippen LogP contribution in [0.1, 0.15) is 56.9 Å². The van der Waals surface area contributed by atoms with E-state index in [9.17, 15) is 4.79 Å². The molecule has 3 atom stereocenters. The molecule has 0 N–H and O–H groups in total. The van der Waals surface area contributed by atoms with Gasteiger partial charge in [-0.05, 0) is 50.3 Å². The lowest BCUT2D eigenvalue weighted by atomic mass is 9.84. The van der Waals surface area contributed by atoms with Crippen molar-refractivity contribution in [3.63, 3.8) is 0 Å². The Labute approximate surface area is 140 Å². The van der Waals surface area contributed by atoms with E-state index in [2.05, 4.69) is 24.0 Å². The van der Waals surface area contributed by atoms with Crippen LogP contribution < -0.4 is 0 Å². The fourth-order valence-electron chi connectivity index (χ4n) is 4.18. The van der Waals surface area contributed by atoms with Crippen molar-refractivity contribution >= 4 is 5.97 Å². The molecule has 3 rings (SSSR count). The molecule has 2 aliphatic rings. The molecule has 0 unspecified atom stereocenters. The summed E-state index contributed by atoms with van der Waals surface area (Å²) in [6.07, 6.45) is 6.88. The normalized spacial score (nSPS) is 26.3. The Balaban J connectivity index is 1.46. The second-order valence-corrected chi connectivity index (χ2v) is 7.20. The van der Waals surface area contributed by atoms with Gasteiger partial charge in [0.25, 0.3) is 0 Å². The summed E-state index contributed by atoms with van der Waals surface area (Å²) in [6.45, 7) is 5.18. The molecular weight excluding hydrogens is 286 g/mol. The van der Waals surface area contributed by atoms with Crippen molar-refractivity contribution in [3.05, 3.63) is 35.9 Å². The van der Waals surface area contributed by atoms with Crippen LogP contribution in [-0.2, 0) is 9.53 Å². The third-order valence-corrected chi connectivity index (χ3v) is 5.53. The Hall–Kier alpha value is -1.35. The molecule has 1 aromatic carbocycles. The second-order valence-electron chi connectivity index (χ2n) is 7.20. The molecule has 23 heavy (non-hydrogen) atoms. The molecule has 1 aromatic rings. The highest BCUT2D eigenvalue weighted by atomic mass is 16.5. The van der Waals surface area contributed by atoms with Crippen LogP contribution in [0.25, 0.3) is 0 Å². The van der Waals surface area contributed by atoms with Crippen LogP contribution in [0.15, 0.2) is 30.3 Å². The Morgan fingerprint density at radius 2 is 1.96 bits per heavy atom. The summed E-state index contributed by atoms with van der Waals surface area (Å²) in [4.78, 5) is 14.8. The number of fused-ring (bicyclic) bond motifs is 1. The fourth-order valence-corrected chi connectivity index (χ4v) is 4.18. The van der Waals surface area contributed by atoms with Gasteiger partial charge in [0, 0.05) is 12.0 Å². The van der Waals surface area contributed by atoms with E-state index in [1.165, 1.54) is 50.8 Å². The SMILES string of the molecule is C[C@@H](CC(=O)OC[C@@H]1CCCN2CCCC[C@H]12)c1ccccc1. The highest BCUT2D eigenvalue weighted by molar-refractivity contribution is 5.70. The van der Waals surface area contributed by atoms with Crippen molar-refractivity contribution in [1.82, 2.24) is 4.90 Å². The standard InChI is InChI=1S/C20H29NO2/c1-16(17-8-3-2-4-9-17)14-20(22)23-15-18-10-7-13-21-12-6-5-11-19(18)21/h2-4,8-9,16,18-19H,5-7,10-15H2,1H3/t16-,18-,19+/m0/s1. The van der Waals surface area contributed by atoms with Crippen LogP contribution in [0, 0.1) is 5.92 Å². The van der Waals surface area contributed by atoms with Gasteiger partial charge in [0.05, 0.1) is 13.0 Å². The monoisotopic (exact) mass is 315 g/mol. The van der Waals surface area contributed by atoms with Crippen LogP contribution in [-0.4, -0.2) is 36.6 Å². The maximum Gasteiger partial charge on any atom is 0.306 e. The summed E-state index contributed by atoms with van der Waals surface area (Å²) in [5.74, 6) is 0.718. The molecule has 0 saturated carbocycles. The predicted octanol–water partition coefficient (Wildman–Crippen LogP) is 3.99. The summed E-state index contributed by atoms with van der Waals surface area (Å²) in [6, 6.07) is 10.9. The lowest BCUT2D eigenvalue weighted by molar-refractivity contribution is -0.147. The van der Waals surface area contributed by atoms with Gasteiger partial charge in [-0.15, -0.1) is 0 Å². The van der Waals surface area contributed by atoms with Crippen LogP contribution in [0.3, 0.4) is 0 Å². The molecule has 2 saturated heterocycles. The first-order valence-electron chi connectivity index (χ1n) is 9.18. The number of piperidine rings is 2. The van der Waals surface area contributed by atoms with Gasteiger partial charge >= 0.3 is 5.97 Å². The number of esters is 1. The lowest BCUT2D eigenvalue weighted by Gasteiger charge is -2.44. The molecule has 0 bridgehead atoms. The van der Waals surface area contributed by atoms with Gasteiger partial charge in [0.15, 0.2) is 0 Å². The second kappa shape index (κ2) is 7.96. The smallest absolute Gasteiger partial charge is 0.306 e. The molecule has 3 heteroatoms. The van der Waals surface area contributed by atoms with E-state index in [0.717, 1.165) is 0 Å². The van der Waals surface area contributed by atoms with Crippen molar-refractivity contribution < 1.29 is 9.53 Å². The number of hydrogen-bond donors (Lipinski definition) is 0. The Kier molecular flexibility index (Phi) is 5.71. The Morgan fingerprint density at radius 1 is 1.17 bits per heavy atom. The molecule has 0 spiro atoms. The fraction of sp³-hybridized carbons (Fsp3) is 0.650. The molecule has 0 radical (unpaired) electrons. The van der Waals surface area contributed by atoms with Crippen molar-refractivity contribution in [3.8, 4) is 0 Å². The molecule has 0 amide bonds. The minimum Gasteiger partial charge on any atom is -0.465 e. The number of ether oxygens (including phenoxy) is 1. The molecule has 126 valence electrons. The van der Waals surface area contributed by atoms with E-state index in [1.54, 1.807) is 0 Å². The molecule has 2 aliphatic heterocycles. The minimum atomic E-state index is -0.0470. The van der Waals surface area contributed by atoms with Gasteiger partial charge in [0.1, 0.15) is 0 Å². The molecule has 2 fully saturated rings. The topological polar surface area (TPSA) is 29.5 Å². The molecule has 0 aromatic heterocycles. The number of benzene rings is 1. The first kappa shape index (κ1) is 16.5. The largest absolute Gasteiger partial charge is 0.465 e. The summed E-state index contributed by atoms with van der Waals surface area (Å²) < 4.78 is 5.66. The van der Waals surface area contributed by atoms with E-state index >= 15 is 0 Å². The lowest BCUT2D eigenvalue weighted by Crippen LogP contribution is -2.49. The first-order valence-corrected chi connectivity index (χ1v) is 9.18. The zero-order valence-corrected chi connectivity index (χ0v) is 14.2. The number of rotatable bonds is 5.